The smallest absolute Gasteiger partial charge is 0.233 e. The van der Waals surface area contributed by atoms with Gasteiger partial charge in [-0.25, -0.2) is 4.99 Å². The average molecular weight is 395 g/mol. The summed E-state index contributed by atoms with van der Waals surface area (Å²) in [6.45, 7) is 7.29. The van der Waals surface area contributed by atoms with E-state index in [1.165, 1.54) is 6.34 Å². The van der Waals surface area contributed by atoms with Crippen molar-refractivity contribution in [3.63, 3.8) is 0 Å². The highest BCUT2D eigenvalue weighted by atomic mass is 16.5. The molecule has 0 aliphatic carbocycles. The van der Waals surface area contributed by atoms with E-state index in [1.54, 1.807) is 6.07 Å². The van der Waals surface area contributed by atoms with Crippen LogP contribution < -0.4 is 10.5 Å². The molecule has 1 saturated heterocycles. The van der Waals surface area contributed by atoms with E-state index >= 15 is 0 Å². The minimum absolute atomic E-state index is 0.0501. The van der Waals surface area contributed by atoms with Crippen LogP contribution in [0, 0.1) is 12.3 Å². The summed E-state index contributed by atoms with van der Waals surface area (Å²) >= 11 is 0. The van der Waals surface area contributed by atoms with Crippen LogP contribution in [0.25, 0.3) is 0 Å². The van der Waals surface area contributed by atoms with Crippen LogP contribution in [0.2, 0.25) is 0 Å². The third-order valence-corrected chi connectivity index (χ3v) is 4.99. The summed E-state index contributed by atoms with van der Waals surface area (Å²) in [6.07, 6.45) is 2.14. The van der Waals surface area contributed by atoms with Crippen molar-refractivity contribution in [2.24, 2.45) is 9.98 Å². The number of likely N-dealkylation sites (tertiary alicyclic amines) is 1. The van der Waals surface area contributed by atoms with E-state index in [4.69, 9.17) is 20.4 Å². The van der Waals surface area contributed by atoms with Crippen LogP contribution in [0.5, 0.6) is 5.75 Å². The van der Waals surface area contributed by atoms with Crippen LogP contribution in [0.15, 0.2) is 32.7 Å². The molecule has 0 bridgehead atoms. The Kier molecular flexibility index (Phi) is 5.04. The van der Waals surface area contributed by atoms with E-state index in [9.17, 15) is 0 Å². The number of hydrogen-bond donors (Lipinski definition) is 2. The summed E-state index contributed by atoms with van der Waals surface area (Å²) in [5, 5.41) is 12.5. The van der Waals surface area contributed by atoms with E-state index in [2.05, 4.69) is 25.0 Å². The van der Waals surface area contributed by atoms with Crippen molar-refractivity contribution >= 4 is 23.6 Å². The van der Waals surface area contributed by atoms with Crippen LogP contribution in [0.1, 0.15) is 43.5 Å². The summed E-state index contributed by atoms with van der Waals surface area (Å²) in [4.78, 5) is 15.3. The van der Waals surface area contributed by atoms with Gasteiger partial charge in [-0.1, -0.05) is 5.16 Å². The van der Waals surface area contributed by atoms with Gasteiger partial charge in [0.2, 0.25) is 5.89 Å². The maximum Gasteiger partial charge on any atom is 0.233 e. The molecule has 152 valence electrons. The first-order valence-corrected chi connectivity index (χ1v) is 9.69. The number of nitrogens with zero attached hydrogens (tertiary/aromatic N) is 5. The maximum absolute atomic E-state index is 8.67. The van der Waals surface area contributed by atoms with Gasteiger partial charge in [0, 0.05) is 30.8 Å². The highest BCUT2D eigenvalue weighted by Gasteiger charge is 2.36. The Bertz CT molecular complexity index is 973. The van der Waals surface area contributed by atoms with Crippen LogP contribution in [-0.2, 0) is 0 Å². The van der Waals surface area contributed by atoms with Crippen molar-refractivity contribution in [1.29, 1.82) is 5.41 Å². The van der Waals surface area contributed by atoms with Gasteiger partial charge >= 0.3 is 0 Å². The van der Waals surface area contributed by atoms with Gasteiger partial charge in [-0.15, -0.1) is 0 Å². The van der Waals surface area contributed by atoms with Gasteiger partial charge < -0.3 is 25.3 Å². The molecule has 9 nitrogen and oxygen atoms in total. The van der Waals surface area contributed by atoms with Gasteiger partial charge in [0.05, 0.1) is 17.7 Å². The molecule has 1 aromatic heterocycles. The quantitative estimate of drug-likeness (QED) is 0.591. The van der Waals surface area contributed by atoms with Crippen molar-refractivity contribution in [2.45, 2.75) is 45.3 Å². The van der Waals surface area contributed by atoms with E-state index < -0.39 is 0 Å². The van der Waals surface area contributed by atoms with Crippen molar-refractivity contribution in [1.82, 2.24) is 15.0 Å². The number of aliphatic imine (C=N–C) groups is 2. The van der Waals surface area contributed by atoms with Crippen molar-refractivity contribution in [3.8, 4) is 5.75 Å². The highest BCUT2D eigenvalue weighted by Crippen LogP contribution is 2.29. The Labute approximate surface area is 169 Å². The standard InChI is InChI=1S/C20H25N7O2/c1-11(2)28-14-4-5-16(21)15(6-14)19(22)17-7-18(24-10-23-17)27-8-13(9-27)20-25-12(3)26-29-20/h4-6,10-11,13,17,22H,7-9,21H2,1-3H3. The lowest BCUT2D eigenvalue weighted by Crippen LogP contribution is -2.50. The minimum Gasteiger partial charge on any atom is -0.491 e. The number of hydrogen-bond acceptors (Lipinski definition) is 9. The average Bonchev–Trinajstić information content (AvgIpc) is 3.07. The Balaban J connectivity index is 1.42. The van der Waals surface area contributed by atoms with Crippen LogP contribution in [0.3, 0.4) is 0 Å². The summed E-state index contributed by atoms with van der Waals surface area (Å²) in [7, 11) is 0. The first-order valence-electron chi connectivity index (χ1n) is 9.69. The fraction of sp³-hybridized carbons (Fsp3) is 0.450. The van der Waals surface area contributed by atoms with Gasteiger partial charge in [0.1, 0.15) is 24.0 Å². The number of aryl methyl sites for hydroxylation is 1. The first-order chi connectivity index (χ1) is 13.9. The molecule has 1 atom stereocenters. The molecule has 1 unspecified atom stereocenters. The molecule has 9 heteroatoms. The highest BCUT2D eigenvalue weighted by molar-refractivity contribution is 6.10. The van der Waals surface area contributed by atoms with E-state index in [-0.39, 0.29) is 18.1 Å². The maximum atomic E-state index is 8.67. The summed E-state index contributed by atoms with van der Waals surface area (Å²) in [5.74, 6) is 3.15. The van der Waals surface area contributed by atoms with Crippen LogP contribution >= 0.6 is 0 Å². The second kappa shape index (κ2) is 7.65. The number of nitrogens with two attached hydrogens (primary N) is 1. The minimum atomic E-state index is -0.330. The number of rotatable bonds is 5. The van der Waals surface area contributed by atoms with Crippen molar-refractivity contribution < 1.29 is 9.26 Å². The molecule has 1 aromatic carbocycles. The van der Waals surface area contributed by atoms with Crippen LogP contribution in [-0.4, -0.2) is 58.2 Å². The Morgan fingerprint density at radius 1 is 1.34 bits per heavy atom. The number of ether oxygens (including phenoxy) is 1. The predicted octanol–water partition coefficient (Wildman–Crippen LogP) is 2.41. The van der Waals surface area contributed by atoms with Gasteiger partial charge in [-0.3, -0.25) is 4.99 Å². The molecule has 1 fully saturated rings. The van der Waals surface area contributed by atoms with Gasteiger partial charge in [-0.2, -0.15) is 4.98 Å². The summed E-state index contributed by atoms with van der Waals surface area (Å²) in [6, 6.07) is 5.08. The first kappa shape index (κ1) is 19.1. The molecule has 0 radical (unpaired) electrons. The third kappa shape index (κ3) is 3.98. The molecule has 29 heavy (non-hydrogen) atoms. The molecule has 3 heterocycles. The SMILES string of the molecule is Cc1noc(C2CN(C3=NC=NC(C(=N)c4cc(OC(C)C)ccc4N)C3)C2)n1. The number of benzene rings is 1. The molecule has 0 saturated carbocycles. The van der Waals surface area contributed by atoms with Crippen LogP contribution in [0.4, 0.5) is 5.69 Å². The third-order valence-electron chi connectivity index (χ3n) is 4.99. The number of nitrogen functional groups attached to an aromatic ring is 1. The topological polar surface area (TPSA) is 126 Å². The number of anilines is 1. The van der Waals surface area contributed by atoms with Gasteiger partial charge in [0.15, 0.2) is 5.82 Å². The fourth-order valence-corrected chi connectivity index (χ4v) is 3.46. The number of amidine groups is 1. The molecule has 2 aliphatic heterocycles. The van der Waals surface area contributed by atoms with Gasteiger partial charge in [-0.05, 0) is 39.0 Å². The Morgan fingerprint density at radius 2 is 2.14 bits per heavy atom. The molecular formula is C20H25N7O2. The lowest BCUT2D eigenvalue weighted by atomic mass is 9.95. The summed E-state index contributed by atoms with van der Waals surface area (Å²) in [5.41, 5.74) is 7.69. The molecule has 2 aliphatic rings. The molecule has 2 aromatic rings. The zero-order valence-corrected chi connectivity index (χ0v) is 16.8. The second-order valence-electron chi connectivity index (χ2n) is 7.64. The molecular weight excluding hydrogens is 370 g/mol. The number of nitrogens with one attached hydrogen (secondary N) is 1. The second-order valence-corrected chi connectivity index (χ2v) is 7.64. The molecule has 0 amide bonds. The predicted molar refractivity (Wildman–Crippen MR) is 111 cm³/mol. The fourth-order valence-electron chi connectivity index (χ4n) is 3.46. The van der Waals surface area contributed by atoms with E-state index in [1.807, 2.05) is 32.9 Å². The normalized spacial score (nSPS) is 19.2. The lowest BCUT2D eigenvalue weighted by molar-refractivity contribution is 0.203. The van der Waals surface area contributed by atoms with E-state index in [0.29, 0.717) is 40.8 Å². The molecule has 0 spiro atoms. The Hall–Kier alpha value is -3.23. The summed E-state index contributed by atoms with van der Waals surface area (Å²) < 4.78 is 11.0. The largest absolute Gasteiger partial charge is 0.491 e. The van der Waals surface area contributed by atoms with Gasteiger partial charge in [0.25, 0.3) is 0 Å². The van der Waals surface area contributed by atoms with Crippen molar-refractivity contribution in [2.75, 3.05) is 18.8 Å². The number of aromatic nitrogens is 2. The zero-order valence-electron chi connectivity index (χ0n) is 16.8. The molecule has 4 rings (SSSR count). The molecule has 3 N–H and O–H groups in total. The van der Waals surface area contributed by atoms with E-state index in [0.717, 1.165) is 18.9 Å². The Morgan fingerprint density at radius 3 is 2.83 bits per heavy atom. The zero-order chi connectivity index (χ0) is 20.5. The van der Waals surface area contributed by atoms with Crippen molar-refractivity contribution in [3.05, 3.63) is 35.5 Å². The monoisotopic (exact) mass is 395 g/mol. The lowest BCUT2D eigenvalue weighted by Gasteiger charge is -2.40.